The van der Waals surface area contributed by atoms with Gasteiger partial charge in [-0.25, -0.2) is 9.38 Å². The Bertz CT molecular complexity index is 1010. The Hall–Kier alpha value is -2.62. The first-order chi connectivity index (χ1) is 13.0. The van der Waals surface area contributed by atoms with Gasteiger partial charge in [0.1, 0.15) is 17.3 Å². The maximum Gasteiger partial charge on any atom is 0.177 e. The molecule has 1 aromatic heterocycles. The summed E-state index contributed by atoms with van der Waals surface area (Å²) in [6, 6.07) is 8.06. The molecule has 2 heterocycles. The molecule has 0 atom stereocenters. The average Bonchev–Trinajstić information content (AvgIpc) is 3.04. The standard InChI is InChI=1S/C24H29FN2O/c1-13-14(2)21(26-16(13)4)23(22-15(3)20(25)17(5)27-22)28-19-11-9-18(10-12-19)24(6,7)8/h9-12,27H,1-8H3. The van der Waals surface area contributed by atoms with E-state index in [9.17, 15) is 4.39 Å². The minimum atomic E-state index is -0.239. The Balaban J connectivity index is 2.12. The Morgan fingerprint density at radius 2 is 1.57 bits per heavy atom. The van der Waals surface area contributed by atoms with Crippen molar-refractivity contribution in [2.45, 2.75) is 60.8 Å². The molecule has 1 aliphatic heterocycles. The SMILES string of the molecule is CC1=NC(=C(Oc2ccc(C(C)(C)C)cc2)c2[nH]c(C)c(F)c2C)C(C)=C1C. The fourth-order valence-electron chi connectivity index (χ4n) is 3.32. The first-order valence-corrected chi connectivity index (χ1v) is 9.62. The van der Waals surface area contributed by atoms with Gasteiger partial charge in [0.25, 0.3) is 0 Å². The summed E-state index contributed by atoms with van der Waals surface area (Å²) in [5, 5.41) is 0. The quantitative estimate of drug-likeness (QED) is 0.596. The fourth-order valence-corrected chi connectivity index (χ4v) is 3.32. The van der Waals surface area contributed by atoms with E-state index in [0.29, 0.717) is 28.5 Å². The summed E-state index contributed by atoms with van der Waals surface area (Å²) in [4.78, 5) is 7.86. The van der Waals surface area contributed by atoms with E-state index < -0.39 is 0 Å². The topological polar surface area (TPSA) is 37.4 Å². The van der Waals surface area contributed by atoms with Crippen molar-refractivity contribution in [3.05, 3.63) is 69.4 Å². The van der Waals surface area contributed by atoms with Crippen LogP contribution in [0.2, 0.25) is 0 Å². The van der Waals surface area contributed by atoms with Crippen LogP contribution in [0.4, 0.5) is 4.39 Å². The van der Waals surface area contributed by atoms with Crippen LogP contribution in [0.25, 0.3) is 5.76 Å². The number of aryl methyl sites for hydroxylation is 1. The highest BCUT2D eigenvalue weighted by Crippen LogP contribution is 2.36. The van der Waals surface area contributed by atoms with Crippen LogP contribution in [-0.4, -0.2) is 10.7 Å². The molecule has 1 aliphatic rings. The predicted octanol–water partition coefficient (Wildman–Crippen LogP) is 6.63. The highest BCUT2D eigenvalue weighted by Gasteiger charge is 2.25. The molecule has 0 bridgehead atoms. The molecular weight excluding hydrogens is 351 g/mol. The molecule has 28 heavy (non-hydrogen) atoms. The second-order valence-electron chi connectivity index (χ2n) is 8.57. The number of H-pyrrole nitrogens is 1. The third kappa shape index (κ3) is 3.56. The van der Waals surface area contributed by atoms with Crippen LogP contribution >= 0.6 is 0 Å². The van der Waals surface area contributed by atoms with Gasteiger partial charge in [-0.15, -0.1) is 0 Å². The number of nitrogens with one attached hydrogen (secondary N) is 1. The van der Waals surface area contributed by atoms with Crippen molar-refractivity contribution in [2.24, 2.45) is 4.99 Å². The molecule has 148 valence electrons. The Labute approximate surface area is 167 Å². The van der Waals surface area contributed by atoms with Gasteiger partial charge in [0.15, 0.2) is 5.76 Å². The van der Waals surface area contributed by atoms with Crippen LogP contribution < -0.4 is 4.74 Å². The molecule has 0 radical (unpaired) electrons. The number of halogens is 1. The minimum absolute atomic E-state index is 0.0689. The van der Waals surface area contributed by atoms with E-state index in [4.69, 9.17) is 9.73 Å². The third-order valence-corrected chi connectivity index (χ3v) is 5.47. The molecule has 0 amide bonds. The highest BCUT2D eigenvalue weighted by molar-refractivity contribution is 6.03. The van der Waals surface area contributed by atoms with Crippen LogP contribution in [0.5, 0.6) is 5.75 Å². The third-order valence-electron chi connectivity index (χ3n) is 5.47. The average molecular weight is 381 g/mol. The van der Waals surface area contributed by atoms with Crippen LogP contribution in [-0.2, 0) is 5.41 Å². The molecule has 1 N–H and O–H groups in total. The normalized spacial score (nSPS) is 16.5. The zero-order chi connectivity index (χ0) is 20.8. The molecule has 0 saturated carbocycles. The maximum absolute atomic E-state index is 14.4. The van der Waals surface area contributed by atoms with Gasteiger partial charge in [0, 0.05) is 17.0 Å². The van der Waals surface area contributed by atoms with E-state index in [1.165, 1.54) is 5.56 Å². The largest absolute Gasteiger partial charge is 0.453 e. The molecule has 0 aliphatic carbocycles. The van der Waals surface area contributed by atoms with E-state index in [1.807, 2.05) is 32.9 Å². The van der Waals surface area contributed by atoms with Crippen molar-refractivity contribution in [1.29, 1.82) is 0 Å². The number of ether oxygens (including phenoxy) is 1. The van der Waals surface area contributed by atoms with Crippen LogP contribution in [0.1, 0.15) is 64.1 Å². The lowest BCUT2D eigenvalue weighted by atomic mass is 9.87. The summed E-state index contributed by atoms with van der Waals surface area (Å²) in [6.45, 7) is 16.1. The lowest BCUT2D eigenvalue weighted by Crippen LogP contribution is -2.10. The molecule has 0 fully saturated rings. The molecule has 2 aromatic rings. The van der Waals surface area contributed by atoms with Gasteiger partial charge in [-0.3, -0.25) is 0 Å². The lowest BCUT2D eigenvalue weighted by Gasteiger charge is -2.19. The number of aromatic amines is 1. The second kappa shape index (κ2) is 7.08. The van der Waals surface area contributed by atoms with Gasteiger partial charge < -0.3 is 9.72 Å². The number of allylic oxidation sites excluding steroid dienone is 2. The van der Waals surface area contributed by atoms with Crippen LogP contribution in [0, 0.1) is 19.7 Å². The number of nitrogens with zero attached hydrogens (tertiary/aromatic N) is 1. The summed E-state index contributed by atoms with van der Waals surface area (Å²) in [5.41, 5.74) is 6.85. The maximum atomic E-state index is 14.4. The van der Waals surface area contributed by atoms with E-state index >= 15 is 0 Å². The molecule has 0 unspecified atom stereocenters. The van der Waals surface area contributed by atoms with Crippen LogP contribution in [0.3, 0.4) is 0 Å². The number of benzene rings is 1. The van der Waals surface area contributed by atoms with E-state index in [2.05, 4.69) is 37.9 Å². The lowest BCUT2D eigenvalue weighted by molar-refractivity contribution is 0.505. The first kappa shape index (κ1) is 20.1. The number of aromatic nitrogens is 1. The smallest absolute Gasteiger partial charge is 0.177 e. The number of hydrogen-bond acceptors (Lipinski definition) is 2. The first-order valence-electron chi connectivity index (χ1n) is 9.62. The van der Waals surface area contributed by atoms with E-state index in [0.717, 1.165) is 22.6 Å². The highest BCUT2D eigenvalue weighted by atomic mass is 19.1. The van der Waals surface area contributed by atoms with Gasteiger partial charge in [0.2, 0.25) is 0 Å². The van der Waals surface area contributed by atoms with Gasteiger partial charge >= 0.3 is 0 Å². The molecule has 0 spiro atoms. The van der Waals surface area contributed by atoms with Gasteiger partial charge in [-0.2, -0.15) is 0 Å². The molecule has 0 saturated heterocycles. The monoisotopic (exact) mass is 380 g/mol. The summed E-state index contributed by atoms with van der Waals surface area (Å²) in [5.74, 6) is 1.02. The van der Waals surface area contributed by atoms with Gasteiger partial charge in [-0.05, 0) is 68.9 Å². The Kier molecular flexibility index (Phi) is 5.09. The van der Waals surface area contributed by atoms with Crippen molar-refractivity contribution < 1.29 is 9.13 Å². The summed E-state index contributed by atoms with van der Waals surface area (Å²) in [7, 11) is 0. The zero-order valence-electron chi connectivity index (χ0n) is 18.0. The molecule has 3 rings (SSSR count). The summed E-state index contributed by atoms with van der Waals surface area (Å²) < 4.78 is 20.7. The fraction of sp³-hybridized carbons (Fsp3) is 0.375. The zero-order valence-corrected chi connectivity index (χ0v) is 18.0. The number of rotatable bonds is 3. The molecule has 1 aromatic carbocycles. The second-order valence-corrected chi connectivity index (χ2v) is 8.57. The molecular formula is C24H29FN2O. The van der Waals surface area contributed by atoms with Crippen molar-refractivity contribution >= 4 is 11.5 Å². The van der Waals surface area contributed by atoms with Gasteiger partial charge in [0.05, 0.1) is 5.69 Å². The van der Waals surface area contributed by atoms with Crippen molar-refractivity contribution in [1.82, 2.24) is 4.98 Å². The van der Waals surface area contributed by atoms with Crippen molar-refractivity contribution in [2.75, 3.05) is 0 Å². The van der Waals surface area contributed by atoms with Crippen molar-refractivity contribution in [3.8, 4) is 5.75 Å². The summed E-state index contributed by atoms with van der Waals surface area (Å²) in [6.07, 6.45) is 0. The van der Waals surface area contributed by atoms with Gasteiger partial charge in [-0.1, -0.05) is 32.9 Å². The van der Waals surface area contributed by atoms with E-state index in [1.54, 1.807) is 13.8 Å². The van der Waals surface area contributed by atoms with E-state index in [-0.39, 0.29) is 11.2 Å². The Morgan fingerprint density at radius 3 is 2.00 bits per heavy atom. The number of aliphatic imine (C=N–C) groups is 1. The van der Waals surface area contributed by atoms with Crippen molar-refractivity contribution in [3.63, 3.8) is 0 Å². The molecule has 4 heteroatoms. The number of hydrogen-bond donors (Lipinski definition) is 1. The summed E-state index contributed by atoms with van der Waals surface area (Å²) >= 11 is 0. The van der Waals surface area contributed by atoms with Crippen LogP contribution in [0.15, 0.2) is 46.1 Å². The molecule has 3 nitrogen and oxygen atoms in total. The minimum Gasteiger partial charge on any atom is -0.453 e. The Morgan fingerprint density at radius 1 is 0.964 bits per heavy atom. The predicted molar refractivity (Wildman–Crippen MR) is 114 cm³/mol.